The smallest absolute Gasteiger partial charge is 0.344 e. The van der Waals surface area contributed by atoms with Crippen LogP contribution in [0.3, 0.4) is 0 Å². The van der Waals surface area contributed by atoms with Crippen molar-refractivity contribution in [1.29, 1.82) is 0 Å². The Balaban J connectivity index is 2.07. The number of nitrogens with zero attached hydrogens (tertiary/aromatic N) is 1. The van der Waals surface area contributed by atoms with Gasteiger partial charge in [0.15, 0.2) is 0 Å². The fourth-order valence-corrected chi connectivity index (χ4v) is 4.99. The summed E-state index contributed by atoms with van der Waals surface area (Å²) in [5.74, 6) is 2.06. The summed E-state index contributed by atoms with van der Waals surface area (Å²) < 4.78 is 16.1. The van der Waals surface area contributed by atoms with E-state index >= 15 is 0 Å². The molecule has 1 aliphatic rings. The summed E-state index contributed by atoms with van der Waals surface area (Å²) >= 11 is 1.69. The standard InChI is InChI=1S/C21H25NO6S/c1-12-9-17(24)20(21(25)28-12)16-11-19(29-8-7-22(16)13(2)23)15-6-5-14(26-3)10-18(15)27-4/h5-6,9-10,16,19,24H,7-8,11H2,1-4H3. The molecule has 0 bridgehead atoms. The Kier molecular flexibility index (Phi) is 6.42. The number of thioether (sulfide) groups is 1. The van der Waals surface area contributed by atoms with Crippen LogP contribution in [-0.4, -0.2) is 42.4 Å². The number of carbonyl (C=O) groups excluding carboxylic acids is 1. The van der Waals surface area contributed by atoms with Gasteiger partial charge >= 0.3 is 5.63 Å². The molecule has 0 aliphatic carbocycles. The van der Waals surface area contributed by atoms with Crippen molar-refractivity contribution in [3.05, 3.63) is 51.6 Å². The molecule has 7 nitrogen and oxygen atoms in total. The summed E-state index contributed by atoms with van der Waals surface area (Å²) in [5, 5.41) is 10.4. The fourth-order valence-electron chi connectivity index (χ4n) is 3.71. The third-order valence-electron chi connectivity index (χ3n) is 5.08. The topological polar surface area (TPSA) is 89.2 Å². The number of hydrogen-bond acceptors (Lipinski definition) is 7. The molecule has 1 aromatic heterocycles. The Morgan fingerprint density at radius 3 is 2.66 bits per heavy atom. The number of amides is 1. The zero-order valence-electron chi connectivity index (χ0n) is 16.9. The average Bonchev–Trinajstić information content (AvgIpc) is 2.89. The second-order valence-electron chi connectivity index (χ2n) is 6.87. The summed E-state index contributed by atoms with van der Waals surface area (Å²) in [5.41, 5.74) is 0.446. The molecular formula is C21H25NO6S. The lowest BCUT2D eigenvalue weighted by Gasteiger charge is -2.30. The van der Waals surface area contributed by atoms with Gasteiger partial charge in [0.1, 0.15) is 28.6 Å². The predicted octanol–water partition coefficient (Wildman–Crippen LogP) is 3.44. The molecule has 2 heterocycles. The summed E-state index contributed by atoms with van der Waals surface area (Å²) in [4.78, 5) is 26.5. The normalized spacial score (nSPS) is 19.5. The van der Waals surface area contributed by atoms with Gasteiger partial charge in [-0.15, -0.1) is 0 Å². The number of methoxy groups -OCH3 is 2. The van der Waals surface area contributed by atoms with E-state index in [0.717, 1.165) is 5.56 Å². The molecule has 1 amide bonds. The SMILES string of the molecule is COc1ccc(C2CC(c3c(O)cc(C)oc3=O)N(C(C)=O)CCS2)c(OC)c1. The van der Waals surface area contributed by atoms with E-state index in [2.05, 4.69) is 0 Å². The van der Waals surface area contributed by atoms with E-state index in [0.29, 0.717) is 36.0 Å². The lowest BCUT2D eigenvalue weighted by molar-refractivity contribution is -0.131. The van der Waals surface area contributed by atoms with E-state index in [1.807, 2.05) is 18.2 Å². The summed E-state index contributed by atoms with van der Waals surface area (Å²) in [6, 6.07) is 6.43. The quantitative estimate of drug-likeness (QED) is 0.812. The van der Waals surface area contributed by atoms with Gasteiger partial charge in [-0.2, -0.15) is 11.8 Å². The number of hydrogen-bond donors (Lipinski definition) is 1. The fraction of sp³-hybridized carbons (Fsp3) is 0.429. The second-order valence-corrected chi connectivity index (χ2v) is 8.19. The third-order valence-corrected chi connectivity index (χ3v) is 6.35. The summed E-state index contributed by atoms with van der Waals surface area (Å²) in [6.07, 6.45) is 0.439. The van der Waals surface area contributed by atoms with Crippen molar-refractivity contribution >= 4 is 17.7 Å². The Hall–Kier alpha value is -2.61. The maximum atomic E-state index is 12.6. The van der Waals surface area contributed by atoms with Crippen LogP contribution in [0.1, 0.15) is 41.5 Å². The highest BCUT2D eigenvalue weighted by Gasteiger charge is 2.35. The molecule has 1 saturated heterocycles. The molecule has 2 atom stereocenters. The number of aromatic hydroxyl groups is 1. The van der Waals surface area contributed by atoms with Crippen LogP contribution in [0.4, 0.5) is 0 Å². The highest BCUT2D eigenvalue weighted by molar-refractivity contribution is 7.99. The predicted molar refractivity (Wildman–Crippen MR) is 111 cm³/mol. The van der Waals surface area contributed by atoms with Gasteiger partial charge in [-0.05, 0) is 19.4 Å². The van der Waals surface area contributed by atoms with Crippen LogP contribution in [0.15, 0.2) is 33.5 Å². The van der Waals surface area contributed by atoms with E-state index in [4.69, 9.17) is 13.9 Å². The number of carbonyl (C=O) groups is 1. The highest BCUT2D eigenvalue weighted by Crippen LogP contribution is 2.46. The highest BCUT2D eigenvalue weighted by atomic mass is 32.2. The number of aryl methyl sites for hydroxylation is 1. The van der Waals surface area contributed by atoms with Gasteiger partial charge in [-0.1, -0.05) is 6.07 Å². The van der Waals surface area contributed by atoms with Gasteiger partial charge < -0.3 is 23.9 Å². The molecule has 8 heteroatoms. The first-order valence-electron chi connectivity index (χ1n) is 9.30. The molecule has 1 N–H and O–H groups in total. The lowest BCUT2D eigenvalue weighted by atomic mass is 9.96. The molecule has 2 aromatic rings. The minimum absolute atomic E-state index is 0.0506. The van der Waals surface area contributed by atoms with Crippen molar-refractivity contribution in [2.24, 2.45) is 0 Å². The van der Waals surface area contributed by atoms with Crippen LogP contribution in [0.2, 0.25) is 0 Å². The molecule has 1 fully saturated rings. The molecule has 156 valence electrons. The van der Waals surface area contributed by atoms with E-state index in [1.165, 1.54) is 13.0 Å². The van der Waals surface area contributed by atoms with Crippen molar-refractivity contribution in [3.63, 3.8) is 0 Å². The van der Waals surface area contributed by atoms with Crippen molar-refractivity contribution in [2.45, 2.75) is 31.6 Å². The summed E-state index contributed by atoms with van der Waals surface area (Å²) in [6.45, 7) is 3.53. The van der Waals surface area contributed by atoms with E-state index in [-0.39, 0.29) is 22.5 Å². The van der Waals surface area contributed by atoms with E-state index in [9.17, 15) is 14.7 Å². The van der Waals surface area contributed by atoms with Gasteiger partial charge in [0.05, 0.1) is 20.3 Å². The second kappa shape index (κ2) is 8.82. The van der Waals surface area contributed by atoms with Crippen molar-refractivity contribution in [3.8, 4) is 17.2 Å². The molecule has 29 heavy (non-hydrogen) atoms. The number of benzene rings is 1. The average molecular weight is 419 g/mol. The molecule has 0 saturated carbocycles. The van der Waals surface area contributed by atoms with Crippen molar-refractivity contribution in [1.82, 2.24) is 4.90 Å². The molecule has 1 aromatic carbocycles. The number of rotatable bonds is 4. The minimum atomic E-state index is -0.619. The maximum absolute atomic E-state index is 12.6. The molecule has 0 spiro atoms. The maximum Gasteiger partial charge on any atom is 0.344 e. The molecule has 1 aliphatic heterocycles. The van der Waals surface area contributed by atoms with Crippen LogP contribution in [-0.2, 0) is 4.79 Å². The Morgan fingerprint density at radius 1 is 1.28 bits per heavy atom. The van der Waals surface area contributed by atoms with Crippen LogP contribution < -0.4 is 15.1 Å². The largest absolute Gasteiger partial charge is 0.507 e. The molecular weight excluding hydrogens is 394 g/mol. The first-order valence-corrected chi connectivity index (χ1v) is 10.3. The van der Waals surface area contributed by atoms with E-state index in [1.54, 1.807) is 37.8 Å². The van der Waals surface area contributed by atoms with Crippen LogP contribution in [0.5, 0.6) is 17.2 Å². The van der Waals surface area contributed by atoms with Crippen molar-refractivity contribution in [2.75, 3.05) is 26.5 Å². The Bertz CT molecular complexity index is 957. The zero-order valence-corrected chi connectivity index (χ0v) is 17.7. The summed E-state index contributed by atoms with van der Waals surface area (Å²) in [7, 11) is 3.19. The van der Waals surface area contributed by atoms with Crippen LogP contribution in [0.25, 0.3) is 0 Å². The van der Waals surface area contributed by atoms with Gasteiger partial charge in [-0.25, -0.2) is 4.79 Å². The van der Waals surface area contributed by atoms with Gasteiger partial charge in [0.25, 0.3) is 0 Å². The monoisotopic (exact) mass is 419 g/mol. The van der Waals surface area contributed by atoms with Gasteiger partial charge in [0.2, 0.25) is 5.91 Å². The zero-order chi connectivity index (χ0) is 21.1. The molecule has 2 unspecified atom stereocenters. The Morgan fingerprint density at radius 2 is 2.03 bits per heavy atom. The molecule has 3 rings (SSSR count). The minimum Gasteiger partial charge on any atom is -0.507 e. The Labute approximate surface area is 173 Å². The van der Waals surface area contributed by atoms with E-state index < -0.39 is 11.7 Å². The van der Waals surface area contributed by atoms with Crippen LogP contribution in [0, 0.1) is 6.92 Å². The molecule has 0 radical (unpaired) electrons. The lowest BCUT2D eigenvalue weighted by Crippen LogP contribution is -2.36. The number of ether oxygens (including phenoxy) is 2. The first kappa shape index (κ1) is 21.1. The van der Waals surface area contributed by atoms with Crippen LogP contribution >= 0.6 is 11.8 Å². The van der Waals surface area contributed by atoms with Gasteiger partial charge in [0, 0.05) is 42.2 Å². The van der Waals surface area contributed by atoms with Crippen molar-refractivity contribution < 1.29 is 23.8 Å². The first-order chi connectivity index (χ1) is 13.8. The third kappa shape index (κ3) is 4.37. The van der Waals surface area contributed by atoms with Gasteiger partial charge in [-0.3, -0.25) is 4.79 Å².